The molecule has 0 aliphatic carbocycles. The zero-order chi connectivity index (χ0) is 25.5. The highest BCUT2D eigenvalue weighted by Gasteiger charge is 2.22. The smallest absolute Gasteiger partial charge is 0.223 e. The lowest BCUT2D eigenvalue weighted by molar-refractivity contribution is -0.133. The molecule has 1 aliphatic rings. The average Bonchev–Trinajstić information content (AvgIpc) is 3.20. The molecule has 2 aromatic carbocycles. The van der Waals surface area contributed by atoms with Crippen molar-refractivity contribution in [2.75, 3.05) is 33.3 Å². The predicted molar refractivity (Wildman–Crippen MR) is 129 cm³/mol. The van der Waals surface area contributed by atoms with Crippen LogP contribution in [0.5, 0.6) is 5.75 Å². The Labute approximate surface area is 208 Å². The maximum Gasteiger partial charge on any atom is 0.223 e. The molecular weight excluding hydrogens is 468 g/mol. The van der Waals surface area contributed by atoms with Gasteiger partial charge in [0.2, 0.25) is 11.8 Å². The minimum absolute atomic E-state index is 0.0461. The number of benzene rings is 2. The maximum absolute atomic E-state index is 14.0. The van der Waals surface area contributed by atoms with Crippen molar-refractivity contribution in [1.29, 1.82) is 0 Å². The predicted octanol–water partition coefficient (Wildman–Crippen LogP) is 4.25. The minimum atomic E-state index is -0.735. The van der Waals surface area contributed by atoms with Gasteiger partial charge in [-0.3, -0.25) is 9.59 Å². The molecule has 4 rings (SSSR count). The van der Waals surface area contributed by atoms with Crippen LogP contribution in [0.1, 0.15) is 30.7 Å². The number of carbonyl (C=O) groups is 2. The number of aromatic nitrogens is 1. The van der Waals surface area contributed by atoms with E-state index in [-0.39, 0.29) is 36.0 Å². The van der Waals surface area contributed by atoms with E-state index in [4.69, 9.17) is 9.15 Å². The summed E-state index contributed by atoms with van der Waals surface area (Å²) in [6.07, 6.45) is 3.62. The second kappa shape index (κ2) is 11.8. The van der Waals surface area contributed by atoms with Crippen LogP contribution < -0.4 is 4.74 Å². The van der Waals surface area contributed by atoms with E-state index >= 15 is 0 Å². The molecule has 3 aromatic rings. The summed E-state index contributed by atoms with van der Waals surface area (Å²) in [5, 5.41) is 0. The van der Waals surface area contributed by atoms with Gasteiger partial charge in [0.25, 0.3) is 0 Å². The minimum Gasteiger partial charge on any atom is -0.497 e. The Morgan fingerprint density at radius 1 is 0.944 bits per heavy atom. The third-order valence-electron chi connectivity index (χ3n) is 6.29. The van der Waals surface area contributed by atoms with Crippen LogP contribution in [0.3, 0.4) is 0 Å². The number of halogens is 2. The van der Waals surface area contributed by atoms with Gasteiger partial charge in [-0.2, -0.15) is 0 Å². The Kier molecular flexibility index (Phi) is 8.30. The van der Waals surface area contributed by atoms with Gasteiger partial charge in [-0.05, 0) is 42.7 Å². The van der Waals surface area contributed by atoms with Gasteiger partial charge in [0.05, 0.1) is 18.9 Å². The SMILES string of the molecule is COc1ccc(CCC(=O)N2CCCN(C(=O)CCc3ncc(-c4ccc(F)cc4F)o3)CC2)cc1. The molecule has 1 aliphatic heterocycles. The molecule has 9 heteroatoms. The Bertz CT molecular complexity index is 1200. The van der Waals surface area contributed by atoms with Crippen molar-refractivity contribution in [3.63, 3.8) is 0 Å². The third kappa shape index (κ3) is 6.47. The lowest BCUT2D eigenvalue weighted by Crippen LogP contribution is -2.37. The molecule has 0 atom stereocenters. The van der Waals surface area contributed by atoms with Crippen molar-refractivity contribution in [2.24, 2.45) is 0 Å². The molecular formula is C27H29F2N3O4. The molecule has 0 spiro atoms. The Morgan fingerprint density at radius 3 is 2.25 bits per heavy atom. The monoisotopic (exact) mass is 497 g/mol. The third-order valence-corrected chi connectivity index (χ3v) is 6.29. The molecule has 0 unspecified atom stereocenters. The molecule has 0 bridgehead atoms. The first kappa shape index (κ1) is 25.3. The molecule has 0 saturated carbocycles. The van der Waals surface area contributed by atoms with E-state index in [2.05, 4.69) is 4.98 Å². The second-order valence-electron chi connectivity index (χ2n) is 8.71. The highest BCUT2D eigenvalue weighted by atomic mass is 19.1. The lowest BCUT2D eigenvalue weighted by atomic mass is 10.1. The van der Waals surface area contributed by atoms with Gasteiger partial charge >= 0.3 is 0 Å². The maximum atomic E-state index is 14.0. The quantitative estimate of drug-likeness (QED) is 0.465. The first-order chi connectivity index (χ1) is 17.4. The molecule has 36 heavy (non-hydrogen) atoms. The zero-order valence-corrected chi connectivity index (χ0v) is 20.2. The molecule has 190 valence electrons. The Morgan fingerprint density at radius 2 is 1.61 bits per heavy atom. The van der Waals surface area contributed by atoms with Crippen molar-refractivity contribution in [1.82, 2.24) is 14.8 Å². The zero-order valence-electron chi connectivity index (χ0n) is 20.2. The van der Waals surface area contributed by atoms with Crippen LogP contribution in [0, 0.1) is 11.6 Å². The number of nitrogens with zero attached hydrogens (tertiary/aromatic N) is 3. The summed E-state index contributed by atoms with van der Waals surface area (Å²) >= 11 is 0. The normalized spacial score (nSPS) is 14.0. The van der Waals surface area contributed by atoms with Crippen LogP contribution in [0.15, 0.2) is 53.1 Å². The first-order valence-corrected chi connectivity index (χ1v) is 12.0. The summed E-state index contributed by atoms with van der Waals surface area (Å²) in [5.41, 5.74) is 1.19. The number of oxazole rings is 1. The summed E-state index contributed by atoms with van der Waals surface area (Å²) in [6.45, 7) is 2.18. The van der Waals surface area contributed by atoms with Crippen molar-refractivity contribution >= 4 is 11.8 Å². The fraction of sp³-hybridized carbons (Fsp3) is 0.370. The molecule has 1 saturated heterocycles. The Balaban J connectivity index is 1.23. The number of carbonyl (C=O) groups excluding carboxylic acids is 2. The van der Waals surface area contributed by atoms with E-state index in [0.717, 1.165) is 23.4 Å². The molecule has 1 fully saturated rings. The fourth-order valence-electron chi connectivity index (χ4n) is 4.23. The number of ether oxygens (including phenoxy) is 1. The summed E-state index contributed by atoms with van der Waals surface area (Å²) in [7, 11) is 1.62. The average molecular weight is 498 g/mol. The number of rotatable bonds is 8. The van der Waals surface area contributed by atoms with Gasteiger partial charge < -0.3 is 19.0 Å². The van der Waals surface area contributed by atoms with Gasteiger partial charge in [0, 0.05) is 51.5 Å². The van der Waals surface area contributed by atoms with Gasteiger partial charge in [0.15, 0.2) is 11.7 Å². The van der Waals surface area contributed by atoms with Crippen LogP contribution in [-0.4, -0.2) is 59.9 Å². The first-order valence-electron chi connectivity index (χ1n) is 12.0. The summed E-state index contributed by atoms with van der Waals surface area (Å²) in [4.78, 5) is 33.2. The van der Waals surface area contributed by atoms with E-state index in [1.165, 1.54) is 12.3 Å². The number of methoxy groups -OCH3 is 1. The Hall–Kier alpha value is -3.75. The summed E-state index contributed by atoms with van der Waals surface area (Å²) in [6, 6.07) is 10.9. The van der Waals surface area contributed by atoms with Crippen LogP contribution >= 0.6 is 0 Å². The van der Waals surface area contributed by atoms with Crippen LogP contribution in [0.25, 0.3) is 11.3 Å². The number of amides is 2. The van der Waals surface area contributed by atoms with Gasteiger partial charge in [-0.15, -0.1) is 0 Å². The fourth-order valence-corrected chi connectivity index (χ4v) is 4.23. The molecule has 7 nitrogen and oxygen atoms in total. The highest BCUT2D eigenvalue weighted by Crippen LogP contribution is 2.24. The summed E-state index contributed by atoms with van der Waals surface area (Å²) < 4.78 is 37.8. The number of hydrogen-bond acceptors (Lipinski definition) is 5. The van der Waals surface area contributed by atoms with Crippen molar-refractivity contribution in [2.45, 2.75) is 32.1 Å². The molecule has 0 N–H and O–H groups in total. The van der Waals surface area contributed by atoms with E-state index in [9.17, 15) is 18.4 Å². The van der Waals surface area contributed by atoms with Gasteiger partial charge in [-0.1, -0.05) is 12.1 Å². The van der Waals surface area contributed by atoms with Crippen molar-refractivity contribution < 1.29 is 27.5 Å². The lowest BCUT2D eigenvalue weighted by Gasteiger charge is -2.22. The van der Waals surface area contributed by atoms with Crippen molar-refractivity contribution in [3.05, 3.63) is 71.8 Å². The molecule has 2 amide bonds. The number of hydrogen-bond donors (Lipinski definition) is 0. The largest absolute Gasteiger partial charge is 0.497 e. The summed E-state index contributed by atoms with van der Waals surface area (Å²) in [5.74, 6) is -0.0816. The van der Waals surface area contributed by atoms with E-state index in [1.807, 2.05) is 29.2 Å². The van der Waals surface area contributed by atoms with Crippen LogP contribution in [0.4, 0.5) is 8.78 Å². The van der Waals surface area contributed by atoms with Crippen LogP contribution in [-0.2, 0) is 22.4 Å². The van der Waals surface area contributed by atoms with Crippen LogP contribution in [0.2, 0.25) is 0 Å². The van der Waals surface area contributed by atoms with E-state index < -0.39 is 11.6 Å². The molecule has 2 heterocycles. The molecule has 0 radical (unpaired) electrons. The van der Waals surface area contributed by atoms with E-state index in [1.54, 1.807) is 12.0 Å². The van der Waals surface area contributed by atoms with E-state index in [0.29, 0.717) is 51.3 Å². The second-order valence-corrected chi connectivity index (χ2v) is 8.71. The molecule has 1 aromatic heterocycles. The van der Waals surface area contributed by atoms with Crippen molar-refractivity contribution in [3.8, 4) is 17.1 Å². The highest BCUT2D eigenvalue weighted by molar-refractivity contribution is 5.78. The van der Waals surface area contributed by atoms with Gasteiger partial charge in [0.1, 0.15) is 17.4 Å². The standard InChI is InChI=1S/C27H29F2N3O4/c1-35-21-7-3-19(4-8-21)5-11-26(33)31-13-2-14-32(16-15-31)27(34)12-10-25-30-18-24(36-25)22-9-6-20(28)17-23(22)29/h3-4,6-9,17-18H,2,5,10-16H2,1H3. The topological polar surface area (TPSA) is 75.9 Å². The van der Waals surface area contributed by atoms with Gasteiger partial charge in [-0.25, -0.2) is 13.8 Å². The number of aryl methyl sites for hydroxylation is 2.